The molecule has 0 atom stereocenters. The van der Waals surface area contributed by atoms with Crippen molar-refractivity contribution in [3.63, 3.8) is 0 Å². The summed E-state index contributed by atoms with van der Waals surface area (Å²) < 4.78 is 3.22. The summed E-state index contributed by atoms with van der Waals surface area (Å²) >= 11 is 8.32. The number of benzene rings is 1. The van der Waals surface area contributed by atoms with Crippen molar-refractivity contribution in [1.29, 1.82) is 0 Å². The van der Waals surface area contributed by atoms with Gasteiger partial charge in [-0.25, -0.2) is 4.98 Å². The molecule has 0 radical (unpaired) electrons. The number of anilines is 1. The van der Waals surface area contributed by atoms with Gasteiger partial charge in [-0.2, -0.15) is 0 Å². The van der Waals surface area contributed by atoms with E-state index in [9.17, 15) is 0 Å². The first-order valence-electron chi connectivity index (χ1n) is 6.49. The second-order valence-corrected chi connectivity index (χ2v) is 6.44. The molecule has 0 bridgehead atoms. The highest BCUT2D eigenvalue weighted by Gasteiger charge is 2.17. The van der Waals surface area contributed by atoms with E-state index in [1.807, 2.05) is 30.6 Å². The summed E-state index contributed by atoms with van der Waals surface area (Å²) in [5.74, 6) is 0.923. The van der Waals surface area contributed by atoms with Gasteiger partial charge in [0.25, 0.3) is 0 Å². The molecule has 1 fully saturated rings. The molecular weight excluding hydrogens is 373 g/mol. The summed E-state index contributed by atoms with van der Waals surface area (Å²) in [5, 5.41) is 4.31. The van der Waals surface area contributed by atoms with Crippen LogP contribution in [-0.4, -0.2) is 15.6 Å². The van der Waals surface area contributed by atoms with E-state index >= 15 is 0 Å². The lowest BCUT2D eigenvalue weighted by Crippen LogP contribution is -2.17. The molecule has 1 aromatic carbocycles. The van der Waals surface area contributed by atoms with Crippen LogP contribution in [0.2, 0.25) is 5.02 Å². The minimum absolute atomic E-state index is 0.561. The van der Waals surface area contributed by atoms with Gasteiger partial charge < -0.3 is 5.32 Å². The molecule has 0 aliphatic heterocycles. The highest BCUT2D eigenvalue weighted by atomic mass is 127. The van der Waals surface area contributed by atoms with Crippen molar-refractivity contribution < 1.29 is 0 Å². The number of rotatable bonds is 3. The monoisotopic (exact) mass is 387 g/mol. The normalized spacial score (nSPS) is 15.9. The summed E-state index contributed by atoms with van der Waals surface area (Å²) in [6, 6.07) is 6.48. The molecule has 0 amide bonds. The average Bonchev–Trinajstić information content (AvgIpc) is 3.02. The molecule has 0 spiro atoms. The average molecular weight is 388 g/mol. The first-order valence-corrected chi connectivity index (χ1v) is 7.95. The van der Waals surface area contributed by atoms with Crippen molar-refractivity contribution in [2.75, 3.05) is 5.32 Å². The van der Waals surface area contributed by atoms with E-state index in [1.165, 1.54) is 25.7 Å². The van der Waals surface area contributed by atoms with Crippen molar-refractivity contribution in [3.8, 4) is 5.69 Å². The molecule has 100 valence electrons. The summed E-state index contributed by atoms with van der Waals surface area (Å²) in [4.78, 5) is 4.44. The molecule has 1 saturated carbocycles. The third-order valence-electron chi connectivity index (χ3n) is 3.50. The fourth-order valence-electron chi connectivity index (χ4n) is 2.53. The van der Waals surface area contributed by atoms with Crippen LogP contribution in [0.4, 0.5) is 5.95 Å². The van der Waals surface area contributed by atoms with Crippen LogP contribution in [0.25, 0.3) is 5.69 Å². The molecule has 0 saturated heterocycles. The largest absolute Gasteiger partial charge is 0.353 e. The lowest BCUT2D eigenvalue weighted by atomic mass is 10.2. The van der Waals surface area contributed by atoms with Crippen molar-refractivity contribution in [2.24, 2.45) is 0 Å². The number of aromatic nitrogens is 2. The lowest BCUT2D eigenvalue weighted by molar-refractivity contribution is 0.740. The lowest BCUT2D eigenvalue weighted by Gasteiger charge is -2.15. The molecule has 0 unspecified atom stereocenters. The molecule has 3 nitrogen and oxygen atoms in total. The number of nitrogens with one attached hydrogen (secondary N) is 1. The Morgan fingerprint density at radius 1 is 1.32 bits per heavy atom. The molecular formula is C14H15ClIN3. The van der Waals surface area contributed by atoms with E-state index in [-0.39, 0.29) is 0 Å². The smallest absolute Gasteiger partial charge is 0.207 e. The third-order valence-corrected chi connectivity index (χ3v) is 4.60. The maximum atomic E-state index is 6.01. The molecule has 5 heteroatoms. The molecule has 2 aromatic rings. The van der Waals surface area contributed by atoms with E-state index in [4.69, 9.17) is 11.6 Å². The molecule has 1 aliphatic carbocycles. The molecule has 3 rings (SSSR count). The van der Waals surface area contributed by atoms with Crippen molar-refractivity contribution in [1.82, 2.24) is 9.55 Å². The van der Waals surface area contributed by atoms with Crippen LogP contribution in [0.5, 0.6) is 0 Å². The zero-order valence-corrected chi connectivity index (χ0v) is 13.4. The Bertz CT molecular complexity index is 576. The fraction of sp³-hybridized carbons (Fsp3) is 0.357. The zero-order chi connectivity index (χ0) is 13.2. The van der Waals surface area contributed by atoms with Gasteiger partial charge in [0.2, 0.25) is 5.95 Å². The Morgan fingerprint density at radius 3 is 2.84 bits per heavy atom. The minimum Gasteiger partial charge on any atom is -0.353 e. The van der Waals surface area contributed by atoms with Crippen LogP contribution >= 0.6 is 34.2 Å². The second kappa shape index (κ2) is 5.71. The Hall–Kier alpha value is -0.750. The highest BCUT2D eigenvalue weighted by Crippen LogP contribution is 2.26. The minimum atomic E-state index is 0.561. The number of nitrogens with zero attached hydrogens (tertiary/aromatic N) is 2. The van der Waals surface area contributed by atoms with Crippen LogP contribution in [-0.2, 0) is 0 Å². The van der Waals surface area contributed by atoms with E-state index < -0.39 is 0 Å². The van der Waals surface area contributed by atoms with Crippen LogP contribution in [0.3, 0.4) is 0 Å². The Balaban J connectivity index is 1.90. The van der Waals surface area contributed by atoms with Crippen LogP contribution in [0, 0.1) is 3.57 Å². The summed E-state index contributed by atoms with van der Waals surface area (Å²) in [7, 11) is 0. The quantitative estimate of drug-likeness (QED) is 0.787. The van der Waals surface area contributed by atoms with E-state index in [0.717, 1.165) is 20.2 Å². The van der Waals surface area contributed by atoms with Crippen LogP contribution in [0.1, 0.15) is 25.7 Å². The molecule has 19 heavy (non-hydrogen) atoms. The first kappa shape index (κ1) is 13.2. The van der Waals surface area contributed by atoms with E-state index in [1.54, 1.807) is 0 Å². The first-order chi connectivity index (χ1) is 9.24. The van der Waals surface area contributed by atoms with Gasteiger partial charge in [-0.1, -0.05) is 24.4 Å². The Labute approximate surface area is 131 Å². The highest BCUT2D eigenvalue weighted by molar-refractivity contribution is 14.1. The van der Waals surface area contributed by atoms with Gasteiger partial charge >= 0.3 is 0 Å². The van der Waals surface area contributed by atoms with E-state index in [2.05, 4.69) is 37.5 Å². The summed E-state index contributed by atoms with van der Waals surface area (Å²) in [5.41, 5.74) is 1.11. The van der Waals surface area contributed by atoms with Crippen molar-refractivity contribution in [2.45, 2.75) is 31.7 Å². The second-order valence-electron chi connectivity index (χ2n) is 4.84. The molecule has 1 heterocycles. The third kappa shape index (κ3) is 2.89. The summed E-state index contributed by atoms with van der Waals surface area (Å²) in [6.45, 7) is 0. The van der Waals surface area contributed by atoms with Gasteiger partial charge in [0.15, 0.2) is 0 Å². The predicted octanol–water partition coefficient (Wildman–Crippen LogP) is 4.48. The molecule has 1 N–H and O–H groups in total. The van der Waals surface area contributed by atoms with Crippen molar-refractivity contribution in [3.05, 3.63) is 39.2 Å². The van der Waals surface area contributed by atoms with Crippen LogP contribution < -0.4 is 5.32 Å². The topological polar surface area (TPSA) is 29.9 Å². The summed E-state index contributed by atoms with van der Waals surface area (Å²) in [6.07, 6.45) is 8.94. The number of imidazole rings is 1. The van der Waals surface area contributed by atoms with Crippen LogP contribution in [0.15, 0.2) is 30.6 Å². The standard InChI is InChI=1S/C14H15ClIN3/c15-10-5-6-13(12(16)9-10)19-8-7-17-14(19)18-11-3-1-2-4-11/h5-9,11H,1-4H2,(H,17,18). The maximum Gasteiger partial charge on any atom is 0.207 e. The van der Waals surface area contributed by atoms with Gasteiger partial charge in [0.05, 0.1) is 5.69 Å². The van der Waals surface area contributed by atoms with Gasteiger partial charge in [-0.05, 0) is 53.6 Å². The fourth-order valence-corrected chi connectivity index (χ4v) is 3.67. The zero-order valence-electron chi connectivity index (χ0n) is 10.4. The maximum absolute atomic E-state index is 6.01. The van der Waals surface area contributed by atoms with Gasteiger partial charge in [0, 0.05) is 27.0 Å². The number of halogens is 2. The van der Waals surface area contributed by atoms with Gasteiger partial charge in [-0.3, -0.25) is 4.57 Å². The van der Waals surface area contributed by atoms with Gasteiger partial charge in [0.1, 0.15) is 0 Å². The van der Waals surface area contributed by atoms with E-state index in [0.29, 0.717) is 6.04 Å². The number of hydrogen-bond donors (Lipinski definition) is 1. The van der Waals surface area contributed by atoms with Crippen molar-refractivity contribution >= 4 is 40.1 Å². The van der Waals surface area contributed by atoms with Gasteiger partial charge in [-0.15, -0.1) is 0 Å². The Kier molecular flexibility index (Phi) is 3.98. The molecule has 1 aromatic heterocycles. The number of hydrogen-bond acceptors (Lipinski definition) is 2. The SMILES string of the molecule is Clc1ccc(-n2ccnc2NC2CCCC2)c(I)c1. The predicted molar refractivity (Wildman–Crippen MR) is 87.2 cm³/mol. The molecule has 1 aliphatic rings. The Morgan fingerprint density at radius 2 is 2.11 bits per heavy atom.